The van der Waals surface area contributed by atoms with Gasteiger partial charge in [0.2, 0.25) is 11.8 Å². The first-order valence-electron chi connectivity index (χ1n) is 12.8. The van der Waals surface area contributed by atoms with Crippen LogP contribution < -0.4 is 14.8 Å². The highest BCUT2D eigenvalue weighted by Gasteiger charge is 2.30. The number of halogens is 1. The van der Waals surface area contributed by atoms with Gasteiger partial charge in [0.25, 0.3) is 0 Å². The Morgan fingerprint density at radius 3 is 2.43 bits per heavy atom. The molecule has 0 bridgehead atoms. The van der Waals surface area contributed by atoms with Crippen molar-refractivity contribution in [2.24, 2.45) is 0 Å². The monoisotopic (exact) mass is 504 g/mol. The minimum atomic E-state index is -0.777. The second-order valence-corrected chi connectivity index (χ2v) is 9.09. The predicted molar refractivity (Wildman–Crippen MR) is 140 cm³/mol. The third-order valence-corrected chi connectivity index (χ3v) is 6.35. The Morgan fingerprint density at radius 1 is 0.946 bits per heavy atom. The number of rotatable bonds is 11. The Balaban J connectivity index is 1.59. The Kier molecular flexibility index (Phi) is 9.13. The summed E-state index contributed by atoms with van der Waals surface area (Å²) < 4.78 is 25.9. The van der Waals surface area contributed by atoms with Gasteiger partial charge in [0.05, 0.1) is 0 Å². The molecule has 3 aromatic rings. The Morgan fingerprint density at radius 2 is 1.68 bits per heavy atom. The summed E-state index contributed by atoms with van der Waals surface area (Å²) in [6.07, 6.45) is 1.73. The van der Waals surface area contributed by atoms with Gasteiger partial charge >= 0.3 is 0 Å². The van der Waals surface area contributed by atoms with Crippen LogP contribution in [-0.4, -0.2) is 42.5 Å². The van der Waals surface area contributed by atoms with Crippen LogP contribution in [0, 0.1) is 5.82 Å². The van der Waals surface area contributed by atoms with Crippen molar-refractivity contribution in [3.63, 3.8) is 0 Å². The maximum Gasteiger partial charge on any atom is 0.243 e. The van der Waals surface area contributed by atoms with E-state index < -0.39 is 11.9 Å². The van der Waals surface area contributed by atoms with Crippen molar-refractivity contribution in [3.8, 4) is 11.5 Å². The molecule has 37 heavy (non-hydrogen) atoms. The third-order valence-electron chi connectivity index (χ3n) is 6.35. The molecule has 1 aliphatic heterocycles. The molecule has 4 rings (SSSR count). The topological polar surface area (TPSA) is 67.9 Å². The number of hydrogen-bond donors (Lipinski definition) is 1. The lowest BCUT2D eigenvalue weighted by molar-refractivity contribution is -0.141. The van der Waals surface area contributed by atoms with Crippen LogP contribution in [0.2, 0.25) is 0 Å². The summed E-state index contributed by atoms with van der Waals surface area (Å²) in [5, 5.41) is 2.94. The smallest absolute Gasteiger partial charge is 0.243 e. The normalized spacial score (nSPS) is 13.0. The van der Waals surface area contributed by atoms with E-state index in [0.717, 1.165) is 17.5 Å². The van der Waals surface area contributed by atoms with Crippen molar-refractivity contribution < 1.29 is 23.5 Å². The van der Waals surface area contributed by atoms with Gasteiger partial charge in [-0.15, -0.1) is 0 Å². The molecule has 1 atom stereocenters. The van der Waals surface area contributed by atoms with Crippen LogP contribution in [0.3, 0.4) is 0 Å². The second kappa shape index (κ2) is 12.9. The van der Waals surface area contributed by atoms with E-state index in [0.29, 0.717) is 49.7 Å². The van der Waals surface area contributed by atoms with Gasteiger partial charge in [-0.1, -0.05) is 61.5 Å². The third kappa shape index (κ3) is 7.09. The summed E-state index contributed by atoms with van der Waals surface area (Å²) in [5.41, 5.74) is 2.23. The van der Waals surface area contributed by atoms with Gasteiger partial charge < -0.3 is 19.7 Å². The first kappa shape index (κ1) is 26.2. The van der Waals surface area contributed by atoms with Gasteiger partial charge in [-0.2, -0.15) is 0 Å². The maximum absolute atomic E-state index is 14.7. The molecule has 0 fully saturated rings. The van der Waals surface area contributed by atoms with Crippen molar-refractivity contribution in [2.45, 2.75) is 45.2 Å². The molecule has 0 saturated heterocycles. The molecular formula is C30H33FN2O4. The summed E-state index contributed by atoms with van der Waals surface area (Å²) in [6.45, 7) is 3.48. The molecule has 0 radical (unpaired) electrons. The first-order chi connectivity index (χ1) is 18.0. The SMILES string of the molecule is CCCNC(=O)[C@@H](Cc1ccccc1)N(Cc1ccccc1F)C(=O)CCc1ccc2c(c1)OCCO2. The molecule has 1 heterocycles. The van der Waals surface area contributed by atoms with Crippen LogP contribution in [0.15, 0.2) is 72.8 Å². The van der Waals surface area contributed by atoms with Crippen LogP contribution in [0.25, 0.3) is 0 Å². The van der Waals surface area contributed by atoms with E-state index in [1.165, 1.54) is 11.0 Å². The summed E-state index contributed by atoms with van der Waals surface area (Å²) in [7, 11) is 0. The fourth-order valence-electron chi connectivity index (χ4n) is 4.37. The average molecular weight is 505 g/mol. The number of hydrogen-bond acceptors (Lipinski definition) is 4. The van der Waals surface area contributed by atoms with E-state index in [1.807, 2.05) is 55.5 Å². The molecule has 7 heteroatoms. The van der Waals surface area contributed by atoms with Crippen LogP contribution in [0.5, 0.6) is 11.5 Å². The number of amides is 2. The fourth-order valence-corrected chi connectivity index (χ4v) is 4.37. The molecule has 0 unspecified atom stereocenters. The number of nitrogens with one attached hydrogen (secondary N) is 1. The van der Waals surface area contributed by atoms with Crippen LogP contribution in [0.1, 0.15) is 36.5 Å². The minimum Gasteiger partial charge on any atom is -0.486 e. The highest BCUT2D eigenvalue weighted by Crippen LogP contribution is 2.31. The van der Waals surface area contributed by atoms with Gasteiger partial charge in [0.15, 0.2) is 11.5 Å². The lowest BCUT2D eigenvalue weighted by Gasteiger charge is -2.32. The zero-order chi connectivity index (χ0) is 26.0. The van der Waals surface area contributed by atoms with E-state index >= 15 is 0 Å². The first-order valence-corrected chi connectivity index (χ1v) is 12.8. The molecule has 3 aromatic carbocycles. The highest BCUT2D eigenvalue weighted by atomic mass is 19.1. The summed E-state index contributed by atoms with van der Waals surface area (Å²) in [5.74, 6) is 0.498. The minimum absolute atomic E-state index is 0.00366. The number of ether oxygens (including phenoxy) is 2. The Hall–Kier alpha value is -3.87. The van der Waals surface area contributed by atoms with Crippen molar-refractivity contribution in [2.75, 3.05) is 19.8 Å². The van der Waals surface area contributed by atoms with Crippen LogP contribution >= 0.6 is 0 Å². The quantitative estimate of drug-likeness (QED) is 0.411. The molecule has 194 valence electrons. The van der Waals surface area contributed by atoms with E-state index in [-0.39, 0.29) is 24.8 Å². The van der Waals surface area contributed by atoms with Gasteiger partial charge in [-0.25, -0.2) is 4.39 Å². The van der Waals surface area contributed by atoms with E-state index in [4.69, 9.17) is 9.47 Å². The zero-order valence-corrected chi connectivity index (χ0v) is 21.1. The number of carbonyl (C=O) groups is 2. The van der Waals surface area contributed by atoms with Crippen molar-refractivity contribution >= 4 is 11.8 Å². The lowest BCUT2D eigenvalue weighted by atomic mass is 10.0. The van der Waals surface area contributed by atoms with Crippen LogP contribution in [-0.2, 0) is 29.0 Å². The van der Waals surface area contributed by atoms with E-state index in [2.05, 4.69) is 5.32 Å². The summed E-state index contributed by atoms with van der Waals surface area (Å²) in [6, 6.07) is 20.8. The van der Waals surface area contributed by atoms with Crippen molar-refractivity contribution in [3.05, 3.63) is 95.3 Å². The van der Waals surface area contributed by atoms with Crippen molar-refractivity contribution in [1.82, 2.24) is 10.2 Å². The molecule has 0 saturated carbocycles. The zero-order valence-electron chi connectivity index (χ0n) is 21.1. The molecular weight excluding hydrogens is 471 g/mol. The molecule has 0 aliphatic carbocycles. The number of aryl methyl sites for hydroxylation is 1. The van der Waals surface area contributed by atoms with Crippen LogP contribution in [0.4, 0.5) is 4.39 Å². The summed E-state index contributed by atoms with van der Waals surface area (Å²) >= 11 is 0. The number of nitrogens with zero attached hydrogens (tertiary/aromatic N) is 1. The molecule has 1 N–H and O–H groups in total. The number of fused-ring (bicyclic) bond motifs is 1. The largest absolute Gasteiger partial charge is 0.486 e. The standard InChI is InChI=1S/C30H33FN2O4/c1-2-16-32-30(35)26(19-22-8-4-3-5-9-22)33(21-24-10-6-7-11-25(24)31)29(34)15-13-23-12-14-27-28(20-23)37-18-17-36-27/h3-12,14,20,26H,2,13,15-19,21H2,1H3,(H,32,35)/t26-/m1/s1. The van der Waals surface area contributed by atoms with Gasteiger partial charge in [-0.3, -0.25) is 9.59 Å². The van der Waals surface area contributed by atoms with Gasteiger partial charge in [-0.05, 0) is 42.2 Å². The maximum atomic E-state index is 14.7. The Labute approximate surface area is 217 Å². The fraction of sp³-hybridized carbons (Fsp3) is 0.333. The summed E-state index contributed by atoms with van der Waals surface area (Å²) in [4.78, 5) is 28.6. The lowest BCUT2D eigenvalue weighted by Crippen LogP contribution is -2.50. The molecule has 1 aliphatic rings. The predicted octanol–water partition coefficient (Wildman–Crippen LogP) is 4.70. The van der Waals surface area contributed by atoms with Gasteiger partial charge in [0.1, 0.15) is 25.1 Å². The molecule has 0 aromatic heterocycles. The molecule has 2 amide bonds. The van der Waals surface area contributed by atoms with Crippen molar-refractivity contribution in [1.29, 1.82) is 0 Å². The Bertz CT molecular complexity index is 1200. The van der Waals surface area contributed by atoms with E-state index in [1.54, 1.807) is 18.2 Å². The molecule has 6 nitrogen and oxygen atoms in total. The number of benzene rings is 3. The average Bonchev–Trinajstić information content (AvgIpc) is 2.93. The number of carbonyl (C=O) groups excluding carboxylic acids is 2. The highest BCUT2D eigenvalue weighted by molar-refractivity contribution is 5.88. The second-order valence-electron chi connectivity index (χ2n) is 9.09. The van der Waals surface area contributed by atoms with Gasteiger partial charge in [0, 0.05) is 31.5 Å². The van der Waals surface area contributed by atoms with E-state index in [9.17, 15) is 14.0 Å². The molecule has 0 spiro atoms.